The lowest BCUT2D eigenvalue weighted by atomic mass is 9.85. The third kappa shape index (κ3) is 3.21. The molecule has 0 atom stereocenters. The highest BCUT2D eigenvalue weighted by Gasteiger charge is 2.25. The standard InChI is InChI=1S/C17H25N3O/c1-13-12-15(18-17(21)14-4-3-5-14)6-7-16(13)20-10-8-19(2)9-11-20/h6-7,12,14H,3-5,8-11H2,1-2H3,(H,18,21). The summed E-state index contributed by atoms with van der Waals surface area (Å²) in [6, 6.07) is 6.29. The SMILES string of the molecule is Cc1cc(NC(=O)C2CCC2)ccc1N1CCN(C)CC1. The van der Waals surface area contributed by atoms with Crippen LogP contribution >= 0.6 is 0 Å². The fraction of sp³-hybridized carbons (Fsp3) is 0.588. The van der Waals surface area contributed by atoms with Crippen molar-refractivity contribution in [3.05, 3.63) is 23.8 Å². The van der Waals surface area contributed by atoms with Crippen molar-refractivity contribution in [3.63, 3.8) is 0 Å². The fourth-order valence-corrected chi connectivity index (χ4v) is 3.05. The van der Waals surface area contributed by atoms with Crippen molar-refractivity contribution in [2.45, 2.75) is 26.2 Å². The zero-order valence-corrected chi connectivity index (χ0v) is 13.1. The average Bonchev–Trinajstić information content (AvgIpc) is 2.38. The van der Waals surface area contributed by atoms with Crippen molar-refractivity contribution in [1.29, 1.82) is 0 Å². The molecule has 1 aliphatic carbocycles. The molecule has 1 heterocycles. The van der Waals surface area contributed by atoms with Crippen molar-refractivity contribution in [2.24, 2.45) is 5.92 Å². The average molecular weight is 287 g/mol. The van der Waals surface area contributed by atoms with Gasteiger partial charge in [-0.15, -0.1) is 0 Å². The van der Waals surface area contributed by atoms with Crippen LogP contribution < -0.4 is 10.2 Å². The summed E-state index contributed by atoms with van der Waals surface area (Å²) in [7, 11) is 2.17. The van der Waals surface area contributed by atoms with E-state index in [2.05, 4.69) is 41.2 Å². The normalized spacial score (nSPS) is 20.2. The van der Waals surface area contributed by atoms with E-state index in [1.807, 2.05) is 6.07 Å². The maximum atomic E-state index is 12.0. The van der Waals surface area contributed by atoms with Crippen molar-refractivity contribution < 1.29 is 4.79 Å². The van der Waals surface area contributed by atoms with Gasteiger partial charge in [-0.05, 0) is 50.6 Å². The molecule has 0 unspecified atom stereocenters. The topological polar surface area (TPSA) is 35.6 Å². The van der Waals surface area contributed by atoms with E-state index in [0.29, 0.717) is 0 Å². The minimum atomic E-state index is 0.188. The number of nitrogens with one attached hydrogen (secondary N) is 1. The smallest absolute Gasteiger partial charge is 0.227 e. The Balaban J connectivity index is 1.66. The van der Waals surface area contributed by atoms with Gasteiger partial charge in [0, 0.05) is 43.5 Å². The lowest BCUT2D eigenvalue weighted by molar-refractivity contribution is -0.122. The highest BCUT2D eigenvalue weighted by Crippen LogP contribution is 2.29. The second-order valence-electron chi connectivity index (χ2n) is 6.41. The molecule has 1 amide bonds. The van der Waals surface area contributed by atoms with Gasteiger partial charge in [0.2, 0.25) is 5.91 Å². The maximum absolute atomic E-state index is 12.0. The van der Waals surface area contributed by atoms with E-state index in [4.69, 9.17) is 0 Å². The molecule has 1 aromatic rings. The first-order chi connectivity index (χ1) is 10.1. The molecule has 114 valence electrons. The molecule has 1 aliphatic heterocycles. The molecular weight excluding hydrogens is 262 g/mol. The zero-order valence-electron chi connectivity index (χ0n) is 13.1. The van der Waals surface area contributed by atoms with Gasteiger partial charge in [0.05, 0.1) is 0 Å². The summed E-state index contributed by atoms with van der Waals surface area (Å²) < 4.78 is 0. The molecule has 0 spiro atoms. The zero-order chi connectivity index (χ0) is 14.8. The molecule has 1 N–H and O–H groups in total. The Hall–Kier alpha value is -1.55. The second kappa shape index (κ2) is 6.06. The summed E-state index contributed by atoms with van der Waals surface area (Å²) in [5.41, 5.74) is 3.47. The summed E-state index contributed by atoms with van der Waals surface area (Å²) in [4.78, 5) is 16.8. The minimum Gasteiger partial charge on any atom is -0.369 e. The van der Waals surface area contributed by atoms with E-state index in [-0.39, 0.29) is 11.8 Å². The van der Waals surface area contributed by atoms with Gasteiger partial charge >= 0.3 is 0 Å². The van der Waals surface area contributed by atoms with Gasteiger partial charge in [-0.1, -0.05) is 6.42 Å². The van der Waals surface area contributed by atoms with Crippen LogP contribution in [0.4, 0.5) is 11.4 Å². The summed E-state index contributed by atoms with van der Waals surface area (Å²) in [6.45, 7) is 6.50. The molecule has 1 saturated carbocycles. The number of carbonyl (C=O) groups excluding carboxylic acids is 1. The van der Waals surface area contributed by atoms with Crippen LogP contribution in [-0.2, 0) is 4.79 Å². The first kappa shape index (κ1) is 14.4. The van der Waals surface area contributed by atoms with Gasteiger partial charge in [-0.25, -0.2) is 0 Å². The number of rotatable bonds is 3. The van der Waals surface area contributed by atoms with Crippen LogP contribution in [-0.4, -0.2) is 44.0 Å². The van der Waals surface area contributed by atoms with Gasteiger partial charge in [0.15, 0.2) is 0 Å². The number of hydrogen-bond donors (Lipinski definition) is 1. The first-order valence-corrected chi connectivity index (χ1v) is 7.98. The molecule has 3 rings (SSSR count). The predicted molar refractivity (Wildman–Crippen MR) is 86.9 cm³/mol. The van der Waals surface area contributed by atoms with E-state index in [1.54, 1.807) is 0 Å². The fourth-order valence-electron chi connectivity index (χ4n) is 3.05. The van der Waals surface area contributed by atoms with Crippen LogP contribution in [0.2, 0.25) is 0 Å². The third-order valence-electron chi connectivity index (χ3n) is 4.78. The molecule has 0 aromatic heterocycles. The Morgan fingerprint density at radius 1 is 1.19 bits per heavy atom. The summed E-state index contributed by atoms with van der Waals surface area (Å²) in [5.74, 6) is 0.426. The van der Waals surface area contributed by atoms with E-state index in [9.17, 15) is 4.79 Å². The van der Waals surface area contributed by atoms with Gasteiger partial charge in [0.25, 0.3) is 0 Å². The molecule has 2 aliphatic rings. The summed E-state index contributed by atoms with van der Waals surface area (Å²) >= 11 is 0. The number of likely N-dealkylation sites (N-methyl/N-ethyl adjacent to an activating group) is 1. The molecule has 2 fully saturated rings. The molecule has 4 heteroatoms. The Morgan fingerprint density at radius 2 is 1.90 bits per heavy atom. The molecule has 21 heavy (non-hydrogen) atoms. The van der Waals surface area contributed by atoms with Gasteiger partial charge < -0.3 is 15.1 Å². The highest BCUT2D eigenvalue weighted by molar-refractivity contribution is 5.93. The van der Waals surface area contributed by atoms with Gasteiger partial charge in [-0.2, -0.15) is 0 Å². The van der Waals surface area contributed by atoms with Gasteiger partial charge in [-0.3, -0.25) is 4.79 Å². The maximum Gasteiger partial charge on any atom is 0.227 e. The van der Waals surface area contributed by atoms with Crippen LogP contribution in [0.15, 0.2) is 18.2 Å². The van der Waals surface area contributed by atoms with Crippen LogP contribution in [0, 0.1) is 12.8 Å². The number of carbonyl (C=O) groups is 1. The Kier molecular flexibility index (Phi) is 4.15. The highest BCUT2D eigenvalue weighted by atomic mass is 16.1. The Labute approximate surface area is 127 Å². The second-order valence-corrected chi connectivity index (χ2v) is 6.41. The number of aryl methyl sites for hydroxylation is 1. The molecule has 0 bridgehead atoms. The first-order valence-electron chi connectivity index (χ1n) is 7.98. The summed E-state index contributed by atoms with van der Waals surface area (Å²) in [6.07, 6.45) is 3.29. The number of amides is 1. The molecule has 4 nitrogen and oxygen atoms in total. The lowest BCUT2D eigenvalue weighted by Gasteiger charge is -2.35. The van der Waals surface area contributed by atoms with Gasteiger partial charge in [0.1, 0.15) is 0 Å². The number of anilines is 2. The van der Waals surface area contributed by atoms with Crippen molar-refractivity contribution in [1.82, 2.24) is 4.90 Å². The van der Waals surface area contributed by atoms with Crippen molar-refractivity contribution in [3.8, 4) is 0 Å². The Bertz CT molecular complexity index is 517. The molecule has 0 radical (unpaired) electrons. The molecule has 1 aromatic carbocycles. The van der Waals surface area contributed by atoms with E-state index in [0.717, 1.165) is 44.7 Å². The number of piperazine rings is 1. The van der Waals surface area contributed by atoms with Crippen LogP contribution in [0.5, 0.6) is 0 Å². The number of hydrogen-bond acceptors (Lipinski definition) is 3. The van der Waals surface area contributed by atoms with Crippen LogP contribution in [0.25, 0.3) is 0 Å². The van der Waals surface area contributed by atoms with Crippen LogP contribution in [0.3, 0.4) is 0 Å². The van der Waals surface area contributed by atoms with Crippen molar-refractivity contribution >= 4 is 17.3 Å². The molecular formula is C17H25N3O. The van der Waals surface area contributed by atoms with E-state index < -0.39 is 0 Å². The lowest BCUT2D eigenvalue weighted by Crippen LogP contribution is -2.44. The van der Waals surface area contributed by atoms with Crippen molar-refractivity contribution in [2.75, 3.05) is 43.4 Å². The summed E-state index contributed by atoms with van der Waals surface area (Å²) in [5, 5.41) is 3.06. The third-order valence-corrected chi connectivity index (χ3v) is 4.78. The monoisotopic (exact) mass is 287 g/mol. The van der Waals surface area contributed by atoms with Crippen LogP contribution in [0.1, 0.15) is 24.8 Å². The predicted octanol–water partition coefficient (Wildman–Crippen LogP) is 2.49. The quantitative estimate of drug-likeness (QED) is 0.928. The van der Waals surface area contributed by atoms with E-state index >= 15 is 0 Å². The largest absolute Gasteiger partial charge is 0.369 e. The van der Waals surface area contributed by atoms with E-state index in [1.165, 1.54) is 17.7 Å². The minimum absolute atomic E-state index is 0.188. The Morgan fingerprint density at radius 3 is 2.48 bits per heavy atom. The number of nitrogens with zero attached hydrogens (tertiary/aromatic N) is 2. The number of benzene rings is 1. The molecule has 1 saturated heterocycles.